The van der Waals surface area contributed by atoms with Crippen LogP contribution in [0, 0.1) is 5.92 Å². The molecule has 2 aliphatic rings. The van der Waals surface area contributed by atoms with Gasteiger partial charge in [0.05, 0.1) is 5.92 Å². The fourth-order valence-electron chi connectivity index (χ4n) is 3.18. The predicted molar refractivity (Wildman–Crippen MR) is 74.7 cm³/mol. The normalized spacial score (nSPS) is 23.9. The Kier molecular flexibility index (Phi) is 3.24. The van der Waals surface area contributed by atoms with E-state index in [9.17, 15) is 9.59 Å². The molecule has 0 heterocycles. The molecule has 4 heteroatoms. The topological polar surface area (TPSA) is 57.6 Å². The maximum atomic E-state index is 12.4. The van der Waals surface area contributed by atoms with Gasteiger partial charge in [0.25, 0.3) is 5.91 Å². The zero-order valence-corrected chi connectivity index (χ0v) is 11.6. The van der Waals surface area contributed by atoms with Crippen molar-refractivity contribution >= 4 is 11.9 Å². The number of benzene rings is 1. The van der Waals surface area contributed by atoms with Crippen molar-refractivity contribution in [2.24, 2.45) is 5.92 Å². The molecular weight excluding hydrogens is 254 g/mol. The number of hydrogen-bond donors (Lipinski definition) is 1. The molecule has 0 radical (unpaired) electrons. The fourth-order valence-corrected chi connectivity index (χ4v) is 3.18. The molecule has 0 saturated heterocycles. The zero-order chi connectivity index (χ0) is 14.3. The Morgan fingerprint density at radius 3 is 2.60 bits per heavy atom. The number of aryl methyl sites for hydroxylation is 2. The van der Waals surface area contributed by atoms with Crippen LogP contribution in [0.4, 0.5) is 0 Å². The number of carbonyl (C=O) groups is 2. The summed E-state index contributed by atoms with van der Waals surface area (Å²) < 4.78 is 0. The first-order chi connectivity index (χ1) is 9.56. The number of carboxylic acid groups (broad SMARTS) is 1. The first kappa shape index (κ1) is 13.2. The van der Waals surface area contributed by atoms with Crippen LogP contribution < -0.4 is 0 Å². The van der Waals surface area contributed by atoms with Gasteiger partial charge in [-0.05, 0) is 55.4 Å². The summed E-state index contributed by atoms with van der Waals surface area (Å²) in [5.74, 6) is -1.02. The molecule has 0 aliphatic heterocycles. The van der Waals surface area contributed by atoms with Gasteiger partial charge in [-0.15, -0.1) is 0 Å². The molecule has 0 unspecified atom stereocenters. The Hall–Kier alpha value is -1.84. The molecule has 4 nitrogen and oxygen atoms in total. The minimum absolute atomic E-state index is 0.00791. The summed E-state index contributed by atoms with van der Waals surface area (Å²) in [6.45, 7) is 0. The molecule has 1 N–H and O–H groups in total. The summed E-state index contributed by atoms with van der Waals surface area (Å²) in [7, 11) is 1.78. The lowest BCUT2D eigenvalue weighted by molar-refractivity contribution is -0.146. The number of nitrogens with zero attached hydrogens (tertiary/aromatic N) is 1. The van der Waals surface area contributed by atoms with E-state index < -0.39 is 5.97 Å². The van der Waals surface area contributed by atoms with Gasteiger partial charge >= 0.3 is 5.97 Å². The first-order valence-corrected chi connectivity index (χ1v) is 7.18. The van der Waals surface area contributed by atoms with Crippen LogP contribution in [-0.2, 0) is 17.6 Å². The van der Waals surface area contributed by atoms with Crippen molar-refractivity contribution in [1.82, 2.24) is 4.90 Å². The monoisotopic (exact) mass is 273 g/mol. The van der Waals surface area contributed by atoms with E-state index in [0.29, 0.717) is 12.8 Å². The lowest BCUT2D eigenvalue weighted by atomic mass is 9.79. The highest BCUT2D eigenvalue weighted by Crippen LogP contribution is 2.32. The molecule has 2 aliphatic carbocycles. The van der Waals surface area contributed by atoms with Crippen molar-refractivity contribution in [3.05, 3.63) is 34.9 Å². The van der Waals surface area contributed by atoms with E-state index in [0.717, 1.165) is 18.4 Å². The van der Waals surface area contributed by atoms with Crippen LogP contribution in [0.25, 0.3) is 0 Å². The third-order valence-electron chi connectivity index (χ3n) is 4.68. The smallest absolute Gasteiger partial charge is 0.306 e. The number of hydrogen-bond acceptors (Lipinski definition) is 2. The van der Waals surface area contributed by atoms with Crippen LogP contribution in [0.2, 0.25) is 0 Å². The second-order valence-electron chi connectivity index (χ2n) is 5.91. The molecule has 1 aromatic carbocycles. The number of aliphatic carboxylic acids is 1. The summed E-state index contributed by atoms with van der Waals surface area (Å²) in [5.41, 5.74) is 3.38. The predicted octanol–water partition coefficient (Wildman–Crippen LogP) is 2.11. The highest BCUT2D eigenvalue weighted by molar-refractivity contribution is 5.94. The van der Waals surface area contributed by atoms with Gasteiger partial charge in [0.2, 0.25) is 0 Å². The minimum atomic E-state index is -0.750. The van der Waals surface area contributed by atoms with Gasteiger partial charge < -0.3 is 10.0 Å². The maximum Gasteiger partial charge on any atom is 0.306 e. The molecule has 106 valence electrons. The van der Waals surface area contributed by atoms with Gasteiger partial charge in [0.1, 0.15) is 0 Å². The number of amides is 1. The van der Waals surface area contributed by atoms with Crippen LogP contribution >= 0.6 is 0 Å². The van der Waals surface area contributed by atoms with Gasteiger partial charge in [0.15, 0.2) is 0 Å². The molecule has 0 spiro atoms. The largest absolute Gasteiger partial charge is 0.481 e. The zero-order valence-electron chi connectivity index (χ0n) is 11.6. The summed E-state index contributed by atoms with van der Waals surface area (Å²) in [6.07, 6.45) is 4.49. The van der Waals surface area contributed by atoms with Gasteiger partial charge in [-0.1, -0.05) is 6.07 Å². The van der Waals surface area contributed by atoms with Gasteiger partial charge in [0, 0.05) is 18.7 Å². The SMILES string of the molecule is CN(C(=O)c1ccc2c(c1)CCC2)C1CC(C(=O)O)C1. The van der Waals surface area contributed by atoms with Crippen LogP contribution in [0.15, 0.2) is 18.2 Å². The molecule has 3 rings (SSSR count). The van der Waals surface area contributed by atoms with E-state index in [2.05, 4.69) is 6.07 Å². The lowest BCUT2D eigenvalue weighted by Crippen LogP contribution is -2.47. The molecule has 0 bridgehead atoms. The quantitative estimate of drug-likeness (QED) is 0.917. The van der Waals surface area contributed by atoms with Crippen molar-refractivity contribution < 1.29 is 14.7 Å². The van der Waals surface area contributed by atoms with Crippen molar-refractivity contribution in [2.45, 2.75) is 38.1 Å². The van der Waals surface area contributed by atoms with Crippen LogP contribution in [0.1, 0.15) is 40.7 Å². The molecule has 1 amide bonds. The number of carboxylic acids is 1. The third-order valence-corrected chi connectivity index (χ3v) is 4.68. The van der Waals surface area contributed by atoms with Gasteiger partial charge in [-0.3, -0.25) is 9.59 Å². The van der Waals surface area contributed by atoms with Gasteiger partial charge in [-0.25, -0.2) is 0 Å². The minimum Gasteiger partial charge on any atom is -0.481 e. The Balaban J connectivity index is 1.68. The molecule has 1 saturated carbocycles. The van der Waals surface area contributed by atoms with E-state index in [4.69, 9.17) is 5.11 Å². The highest BCUT2D eigenvalue weighted by Gasteiger charge is 2.38. The average molecular weight is 273 g/mol. The Labute approximate surface area is 118 Å². The van der Waals surface area contributed by atoms with Crippen LogP contribution in [0.5, 0.6) is 0 Å². The highest BCUT2D eigenvalue weighted by atomic mass is 16.4. The number of carbonyl (C=O) groups excluding carboxylic acids is 1. The maximum absolute atomic E-state index is 12.4. The molecule has 20 heavy (non-hydrogen) atoms. The van der Waals surface area contributed by atoms with E-state index in [1.807, 2.05) is 12.1 Å². The molecule has 1 aromatic rings. The van der Waals surface area contributed by atoms with E-state index in [-0.39, 0.29) is 17.9 Å². The van der Waals surface area contributed by atoms with Crippen LogP contribution in [-0.4, -0.2) is 35.0 Å². The second-order valence-corrected chi connectivity index (χ2v) is 5.91. The number of fused-ring (bicyclic) bond motifs is 1. The average Bonchev–Trinajstić information content (AvgIpc) is 2.82. The molecular formula is C16H19NO3. The van der Waals surface area contributed by atoms with E-state index in [1.54, 1.807) is 11.9 Å². The summed E-state index contributed by atoms with van der Waals surface area (Å²) >= 11 is 0. The fraction of sp³-hybridized carbons (Fsp3) is 0.500. The van der Waals surface area contributed by atoms with Crippen molar-refractivity contribution in [2.75, 3.05) is 7.05 Å². The molecule has 1 fully saturated rings. The summed E-state index contributed by atoms with van der Waals surface area (Å²) in [4.78, 5) is 25.0. The van der Waals surface area contributed by atoms with Crippen LogP contribution in [0.3, 0.4) is 0 Å². The Morgan fingerprint density at radius 2 is 1.90 bits per heavy atom. The van der Waals surface area contributed by atoms with Crippen molar-refractivity contribution in [1.29, 1.82) is 0 Å². The third kappa shape index (κ3) is 2.19. The van der Waals surface area contributed by atoms with E-state index in [1.165, 1.54) is 17.5 Å². The van der Waals surface area contributed by atoms with E-state index >= 15 is 0 Å². The lowest BCUT2D eigenvalue weighted by Gasteiger charge is -2.39. The number of rotatable bonds is 3. The molecule has 0 aromatic heterocycles. The summed E-state index contributed by atoms with van der Waals surface area (Å²) in [5, 5.41) is 8.89. The summed E-state index contributed by atoms with van der Waals surface area (Å²) in [6, 6.07) is 6.03. The first-order valence-electron chi connectivity index (χ1n) is 7.18. The Morgan fingerprint density at radius 1 is 1.20 bits per heavy atom. The molecule has 0 atom stereocenters. The van der Waals surface area contributed by atoms with Crippen molar-refractivity contribution in [3.8, 4) is 0 Å². The van der Waals surface area contributed by atoms with Gasteiger partial charge in [-0.2, -0.15) is 0 Å². The standard InChI is InChI=1S/C16H19NO3/c1-17(14-8-13(9-14)16(19)20)15(18)12-6-5-10-3-2-4-11(10)7-12/h5-7,13-14H,2-4,8-9H2,1H3,(H,19,20). The Bertz CT molecular complexity index is 561. The van der Waals surface area contributed by atoms with Crippen molar-refractivity contribution in [3.63, 3.8) is 0 Å². The second kappa shape index (κ2) is 4.93.